The summed E-state index contributed by atoms with van der Waals surface area (Å²) in [6.07, 6.45) is 0. The van der Waals surface area contributed by atoms with Gasteiger partial charge in [0.2, 0.25) is 0 Å². The molecule has 0 spiro atoms. The van der Waals surface area contributed by atoms with E-state index < -0.39 is 23.6 Å². The first-order valence-electron chi connectivity index (χ1n) is 12.8. The van der Waals surface area contributed by atoms with E-state index in [4.69, 9.17) is 18.9 Å². The van der Waals surface area contributed by atoms with Crippen LogP contribution in [-0.4, -0.2) is 39.4 Å². The molecule has 4 aromatic carbocycles. The molecule has 0 amide bonds. The second-order valence-electron chi connectivity index (χ2n) is 9.29. The first-order valence-corrected chi connectivity index (χ1v) is 12.8. The molecule has 0 unspecified atom stereocenters. The van der Waals surface area contributed by atoms with E-state index >= 15 is 8.78 Å². The number of rotatable bonds is 11. The van der Waals surface area contributed by atoms with E-state index in [1.165, 1.54) is 26.4 Å². The van der Waals surface area contributed by atoms with E-state index in [1.54, 1.807) is 72.8 Å². The third-order valence-corrected chi connectivity index (χ3v) is 6.24. The van der Waals surface area contributed by atoms with Crippen LogP contribution in [0.1, 0.15) is 0 Å². The van der Waals surface area contributed by atoms with Crippen molar-refractivity contribution in [3.05, 3.63) is 121 Å². The lowest BCUT2D eigenvalue weighted by Gasteiger charge is -2.11. The molecule has 6 nitrogen and oxygen atoms in total. The second-order valence-corrected chi connectivity index (χ2v) is 9.29. The number of hydrogen-bond acceptors (Lipinski definition) is 6. The maximum Gasteiger partial charge on any atom is 0.341 e. The van der Waals surface area contributed by atoms with Crippen LogP contribution in [0.25, 0.3) is 33.4 Å². The number of methoxy groups -OCH3 is 2. The number of carbonyl (C=O) groups excluding carboxylic acids is 2. The summed E-state index contributed by atoms with van der Waals surface area (Å²) in [5.41, 5.74) is 3.14. The van der Waals surface area contributed by atoms with Crippen LogP contribution in [0, 0.1) is 11.6 Å². The van der Waals surface area contributed by atoms with Gasteiger partial charge in [0.1, 0.15) is 23.1 Å². The zero-order valence-corrected chi connectivity index (χ0v) is 23.1. The van der Waals surface area contributed by atoms with Gasteiger partial charge in [-0.2, -0.15) is 0 Å². The third kappa shape index (κ3) is 7.23. The molecule has 0 saturated carbocycles. The molecule has 0 N–H and O–H groups in total. The average molecular weight is 571 g/mol. The summed E-state index contributed by atoms with van der Waals surface area (Å²) in [7, 11) is 2.90. The molecule has 0 aliphatic rings. The molecule has 0 radical (unpaired) electrons. The SMILES string of the molecule is C=C(COC)C(=O)Oc1ccc(-c2ccc(-c3ccc(-c4ccc(OC(=O)C(=C)COC)cc4)c(F)c3)c(F)c2)cc1. The molecular weight excluding hydrogens is 542 g/mol. The standard InChI is InChI=1S/C34H28F2O6/c1-21(19-39-3)33(37)41-27-11-5-23(6-12-27)25-9-15-30(31(35)17-25)26-10-16-29(32(36)18-26)24-7-13-28(14-8-24)42-34(38)22(2)20-40-4/h5-18H,1-2,19-20H2,3-4H3. The summed E-state index contributed by atoms with van der Waals surface area (Å²) in [5, 5.41) is 0. The molecule has 0 aliphatic heterocycles. The molecule has 42 heavy (non-hydrogen) atoms. The molecule has 0 saturated heterocycles. The van der Waals surface area contributed by atoms with E-state index in [2.05, 4.69) is 13.2 Å². The number of ether oxygens (including phenoxy) is 4. The van der Waals surface area contributed by atoms with Gasteiger partial charge in [-0.15, -0.1) is 0 Å². The van der Waals surface area contributed by atoms with Crippen molar-refractivity contribution in [2.75, 3.05) is 27.4 Å². The zero-order chi connectivity index (χ0) is 30.2. The molecule has 0 bridgehead atoms. The van der Waals surface area contributed by atoms with Gasteiger partial charge in [-0.25, -0.2) is 18.4 Å². The minimum Gasteiger partial charge on any atom is -0.423 e. The topological polar surface area (TPSA) is 71.1 Å². The van der Waals surface area contributed by atoms with Crippen molar-refractivity contribution in [3.63, 3.8) is 0 Å². The number of halogens is 2. The molecule has 214 valence electrons. The van der Waals surface area contributed by atoms with Crippen molar-refractivity contribution < 1.29 is 37.3 Å². The Hall–Kier alpha value is -4.92. The second kappa shape index (κ2) is 13.6. The third-order valence-electron chi connectivity index (χ3n) is 6.24. The molecule has 4 rings (SSSR count). The highest BCUT2D eigenvalue weighted by Crippen LogP contribution is 2.32. The maximum absolute atomic E-state index is 15.2. The van der Waals surface area contributed by atoms with Crippen LogP contribution in [0.5, 0.6) is 11.5 Å². The van der Waals surface area contributed by atoms with Gasteiger partial charge in [0.25, 0.3) is 0 Å². The minimum atomic E-state index is -0.615. The predicted octanol–water partition coefficient (Wildman–Crippen LogP) is 7.18. The van der Waals surface area contributed by atoms with Crippen LogP contribution in [0.3, 0.4) is 0 Å². The summed E-state index contributed by atoms with van der Waals surface area (Å²) in [4.78, 5) is 24.0. The van der Waals surface area contributed by atoms with Crippen molar-refractivity contribution in [3.8, 4) is 44.9 Å². The van der Waals surface area contributed by atoms with Crippen LogP contribution in [0.2, 0.25) is 0 Å². The molecule has 0 aromatic heterocycles. The van der Waals surface area contributed by atoms with Crippen molar-refractivity contribution in [2.24, 2.45) is 0 Å². The number of hydrogen-bond donors (Lipinski definition) is 0. The average Bonchev–Trinajstić information content (AvgIpc) is 2.98. The fourth-order valence-corrected chi connectivity index (χ4v) is 4.09. The van der Waals surface area contributed by atoms with Gasteiger partial charge in [-0.05, 0) is 58.7 Å². The maximum atomic E-state index is 15.2. The van der Waals surface area contributed by atoms with Crippen molar-refractivity contribution in [2.45, 2.75) is 0 Å². The molecule has 8 heteroatoms. The largest absolute Gasteiger partial charge is 0.423 e. The van der Waals surface area contributed by atoms with Crippen LogP contribution >= 0.6 is 0 Å². The minimum absolute atomic E-state index is 0.0522. The Kier molecular flexibility index (Phi) is 9.75. The first-order chi connectivity index (χ1) is 20.2. The quantitative estimate of drug-likeness (QED) is 0.108. The molecule has 0 aliphatic carbocycles. The van der Waals surface area contributed by atoms with Crippen LogP contribution < -0.4 is 9.47 Å². The highest BCUT2D eigenvalue weighted by Gasteiger charge is 2.14. The van der Waals surface area contributed by atoms with Gasteiger partial charge < -0.3 is 18.9 Å². The number of carbonyl (C=O) groups is 2. The summed E-state index contributed by atoms with van der Waals surface area (Å²) < 4.78 is 50.6. The Bertz CT molecular complexity index is 1630. The van der Waals surface area contributed by atoms with E-state index in [0.29, 0.717) is 33.6 Å². The fourth-order valence-electron chi connectivity index (χ4n) is 4.09. The summed E-state index contributed by atoms with van der Waals surface area (Å²) in [5.74, 6) is -1.67. The van der Waals surface area contributed by atoms with Gasteiger partial charge in [-0.1, -0.05) is 61.7 Å². The fraction of sp³-hybridized carbons (Fsp3) is 0.118. The molecule has 0 fully saturated rings. The number of esters is 2. The Balaban J connectivity index is 1.46. The van der Waals surface area contributed by atoms with Crippen LogP contribution in [-0.2, 0) is 19.1 Å². The number of benzene rings is 4. The monoisotopic (exact) mass is 570 g/mol. The van der Waals surface area contributed by atoms with E-state index in [9.17, 15) is 9.59 Å². The van der Waals surface area contributed by atoms with E-state index in [1.807, 2.05) is 0 Å². The lowest BCUT2D eigenvalue weighted by atomic mass is 9.97. The molecule has 0 atom stereocenters. The predicted molar refractivity (Wildman–Crippen MR) is 156 cm³/mol. The Labute approximate surface area is 242 Å². The highest BCUT2D eigenvalue weighted by atomic mass is 19.1. The normalized spacial score (nSPS) is 10.7. The van der Waals surface area contributed by atoms with Gasteiger partial charge in [0.05, 0.1) is 24.4 Å². The summed E-state index contributed by atoms with van der Waals surface area (Å²) in [6.45, 7) is 7.33. The molecule has 0 heterocycles. The van der Waals surface area contributed by atoms with Crippen LogP contribution in [0.15, 0.2) is 109 Å². The first kappa shape index (κ1) is 30.0. The lowest BCUT2D eigenvalue weighted by molar-refractivity contribution is -0.131. The smallest absolute Gasteiger partial charge is 0.341 e. The van der Waals surface area contributed by atoms with Crippen molar-refractivity contribution in [1.82, 2.24) is 0 Å². The Morgan fingerprint density at radius 1 is 0.571 bits per heavy atom. The van der Waals surface area contributed by atoms with E-state index in [-0.39, 0.29) is 35.7 Å². The molecule has 4 aromatic rings. The van der Waals surface area contributed by atoms with Gasteiger partial charge in [0.15, 0.2) is 0 Å². The van der Waals surface area contributed by atoms with Gasteiger partial charge >= 0.3 is 11.9 Å². The lowest BCUT2D eigenvalue weighted by Crippen LogP contribution is -2.13. The Morgan fingerprint density at radius 2 is 0.952 bits per heavy atom. The zero-order valence-electron chi connectivity index (χ0n) is 23.1. The van der Waals surface area contributed by atoms with Crippen LogP contribution in [0.4, 0.5) is 8.78 Å². The molecular formula is C34H28F2O6. The van der Waals surface area contributed by atoms with Gasteiger partial charge in [-0.3, -0.25) is 0 Å². The van der Waals surface area contributed by atoms with E-state index in [0.717, 1.165) is 0 Å². The van der Waals surface area contributed by atoms with Gasteiger partial charge in [0, 0.05) is 25.3 Å². The van der Waals surface area contributed by atoms with Crippen molar-refractivity contribution >= 4 is 11.9 Å². The van der Waals surface area contributed by atoms with Crippen molar-refractivity contribution in [1.29, 1.82) is 0 Å². The summed E-state index contributed by atoms with van der Waals surface area (Å²) in [6, 6.07) is 22.1. The highest BCUT2D eigenvalue weighted by molar-refractivity contribution is 5.90. The summed E-state index contributed by atoms with van der Waals surface area (Å²) >= 11 is 0. The Morgan fingerprint density at radius 3 is 1.40 bits per heavy atom.